The predicted molar refractivity (Wildman–Crippen MR) is 135 cm³/mol. The zero-order valence-corrected chi connectivity index (χ0v) is 19.7. The van der Waals surface area contributed by atoms with E-state index in [0.717, 1.165) is 16.9 Å². The van der Waals surface area contributed by atoms with Gasteiger partial charge in [0.15, 0.2) is 5.58 Å². The summed E-state index contributed by atoms with van der Waals surface area (Å²) in [6.45, 7) is 4.27. The monoisotopic (exact) mass is 491 g/mol. The first-order chi connectivity index (χ1) is 16.3. The third-order valence-electron chi connectivity index (χ3n) is 5.51. The number of aromatic nitrogens is 1. The lowest BCUT2D eigenvalue weighted by molar-refractivity contribution is -0.382. The van der Waals surface area contributed by atoms with Crippen LogP contribution < -0.4 is 5.32 Å². The van der Waals surface area contributed by atoms with Gasteiger partial charge >= 0.3 is 0 Å². The minimum atomic E-state index is -0.483. The predicted octanol–water partition coefficient (Wildman–Crippen LogP) is 7.65. The summed E-state index contributed by atoms with van der Waals surface area (Å²) in [7, 11) is 0. The first-order valence-electron chi connectivity index (χ1n) is 10.5. The summed E-state index contributed by atoms with van der Waals surface area (Å²) in [4.78, 5) is 28.5. The number of nitrogens with zero attached hydrogens (tertiary/aromatic N) is 2. The molecule has 5 aromatic rings. The van der Waals surface area contributed by atoms with Crippen molar-refractivity contribution in [2.24, 2.45) is 0 Å². The van der Waals surface area contributed by atoms with Crippen LogP contribution in [-0.4, -0.2) is 15.8 Å². The van der Waals surface area contributed by atoms with E-state index in [1.165, 1.54) is 11.6 Å². The van der Waals surface area contributed by atoms with Gasteiger partial charge in [-0.05, 0) is 41.8 Å². The van der Waals surface area contributed by atoms with E-state index in [1.807, 2.05) is 12.1 Å². The summed E-state index contributed by atoms with van der Waals surface area (Å²) in [6, 6.07) is 17.8. The maximum atomic E-state index is 12.9. The number of benzene rings is 3. The van der Waals surface area contributed by atoms with E-state index in [9.17, 15) is 14.9 Å². The molecule has 0 aliphatic heterocycles. The Labute approximate surface area is 203 Å². The minimum absolute atomic E-state index is 0.0820. The smallest absolute Gasteiger partial charge is 0.287 e. The average Bonchev–Trinajstić information content (AvgIpc) is 3.40. The van der Waals surface area contributed by atoms with Gasteiger partial charge in [0.25, 0.3) is 11.6 Å². The lowest BCUT2D eigenvalue weighted by atomic mass is 10.0. The van der Waals surface area contributed by atoms with Gasteiger partial charge in [-0.15, -0.1) is 11.3 Å². The molecule has 7 nitrogen and oxygen atoms in total. The lowest BCUT2D eigenvalue weighted by Gasteiger charge is -2.04. The Hall–Kier alpha value is -3.75. The van der Waals surface area contributed by atoms with Crippen molar-refractivity contribution in [1.29, 1.82) is 0 Å². The first-order valence-corrected chi connectivity index (χ1v) is 11.7. The normalized spacial score (nSPS) is 11.4. The van der Waals surface area contributed by atoms with Gasteiger partial charge in [0.1, 0.15) is 15.1 Å². The van der Waals surface area contributed by atoms with Crippen molar-refractivity contribution in [1.82, 2.24) is 4.98 Å². The number of carbonyl (C=O) groups excluding carboxylic acids is 1. The van der Waals surface area contributed by atoms with Gasteiger partial charge < -0.3 is 9.73 Å². The van der Waals surface area contributed by atoms with Crippen LogP contribution in [0.4, 0.5) is 11.4 Å². The molecule has 0 aliphatic carbocycles. The Kier molecular flexibility index (Phi) is 5.55. The highest BCUT2D eigenvalue weighted by Crippen LogP contribution is 2.40. The van der Waals surface area contributed by atoms with Crippen LogP contribution in [0.5, 0.6) is 0 Å². The molecule has 0 atom stereocenters. The fourth-order valence-corrected chi connectivity index (χ4v) is 5.18. The summed E-state index contributed by atoms with van der Waals surface area (Å²) in [5, 5.41) is 14.8. The highest BCUT2D eigenvalue weighted by molar-refractivity contribution is 7.22. The van der Waals surface area contributed by atoms with Crippen molar-refractivity contribution >= 4 is 61.4 Å². The van der Waals surface area contributed by atoms with Crippen molar-refractivity contribution in [3.05, 3.63) is 86.2 Å². The van der Waals surface area contributed by atoms with Crippen LogP contribution in [0, 0.1) is 10.1 Å². The standard InChI is InChI=1S/C25H18ClN3O4S/c1-13(2)14-6-8-15(9-7-14)25-28-18-12-16(10-11-20(18)33-25)27-24(30)23-21(26)17-4-3-5-19(29(31)32)22(17)34-23/h3-13H,1-2H3,(H,27,30). The topological polar surface area (TPSA) is 98.3 Å². The van der Waals surface area contributed by atoms with Crippen LogP contribution in [0.15, 0.2) is 65.1 Å². The molecule has 0 saturated heterocycles. The number of oxazole rings is 1. The summed E-state index contributed by atoms with van der Waals surface area (Å²) in [5.74, 6) is 0.478. The van der Waals surface area contributed by atoms with Crippen molar-refractivity contribution in [3.8, 4) is 11.5 Å². The number of hydrogen-bond donors (Lipinski definition) is 1. The van der Waals surface area contributed by atoms with E-state index in [1.54, 1.807) is 30.3 Å². The van der Waals surface area contributed by atoms with Crippen molar-refractivity contribution in [2.45, 2.75) is 19.8 Å². The van der Waals surface area contributed by atoms with E-state index in [-0.39, 0.29) is 15.6 Å². The maximum absolute atomic E-state index is 12.9. The Balaban J connectivity index is 1.43. The van der Waals surface area contributed by atoms with Crippen molar-refractivity contribution < 1.29 is 14.1 Å². The second kappa shape index (κ2) is 8.55. The molecule has 0 aliphatic rings. The van der Waals surface area contributed by atoms with E-state index in [4.69, 9.17) is 16.0 Å². The summed E-state index contributed by atoms with van der Waals surface area (Å²) in [5.41, 5.74) is 3.71. The van der Waals surface area contributed by atoms with Crippen LogP contribution in [0.1, 0.15) is 35.0 Å². The van der Waals surface area contributed by atoms with Crippen LogP contribution in [0.25, 0.3) is 32.6 Å². The molecule has 5 rings (SSSR count). The largest absolute Gasteiger partial charge is 0.436 e. The van der Waals surface area contributed by atoms with Gasteiger partial charge in [-0.2, -0.15) is 0 Å². The molecule has 0 unspecified atom stereocenters. The Bertz CT molecular complexity index is 1570. The SMILES string of the molecule is CC(C)c1ccc(-c2nc3cc(NC(=O)c4sc5c([N+](=O)[O-])cccc5c4Cl)ccc3o2)cc1. The Morgan fingerprint density at radius 2 is 1.91 bits per heavy atom. The maximum Gasteiger partial charge on any atom is 0.287 e. The molecular weight excluding hydrogens is 474 g/mol. The van der Waals surface area contributed by atoms with Crippen molar-refractivity contribution in [2.75, 3.05) is 5.32 Å². The molecule has 0 saturated carbocycles. The third-order valence-corrected chi connectivity index (χ3v) is 7.24. The molecule has 9 heteroatoms. The van der Waals surface area contributed by atoms with Crippen LogP contribution in [-0.2, 0) is 0 Å². The number of carbonyl (C=O) groups is 1. The molecule has 2 heterocycles. The Morgan fingerprint density at radius 3 is 2.62 bits per heavy atom. The lowest BCUT2D eigenvalue weighted by Crippen LogP contribution is -2.10. The summed E-state index contributed by atoms with van der Waals surface area (Å²) < 4.78 is 6.25. The third kappa shape index (κ3) is 3.91. The second-order valence-corrected chi connectivity index (χ2v) is 9.49. The second-order valence-electron chi connectivity index (χ2n) is 8.09. The molecule has 1 amide bonds. The van der Waals surface area contributed by atoms with Crippen LogP contribution in [0.2, 0.25) is 5.02 Å². The number of nitrogens with one attached hydrogen (secondary N) is 1. The van der Waals surface area contributed by atoms with Gasteiger partial charge in [-0.1, -0.05) is 49.7 Å². The van der Waals surface area contributed by atoms with Gasteiger partial charge in [-0.3, -0.25) is 14.9 Å². The number of non-ortho nitro benzene ring substituents is 1. The minimum Gasteiger partial charge on any atom is -0.436 e. The molecule has 0 spiro atoms. The number of nitro groups is 1. The van der Waals surface area contributed by atoms with Gasteiger partial charge in [0, 0.05) is 22.7 Å². The molecule has 0 fully saturated rings. The molecule has 0 bridgehead atoms. The molecule has 3 aromatic carbocycles. The fourth-order valence-electron chi connectivity index (χ4n) is 3.69. The van der Waals surface area contributed by atoms with Gasteiger partial charge in [0.2, 0.25) is 5.89 Å². The molecular formula is C25H18ClN3O4S. The number of amides is 1. The zero-order chi connectivity index (χ0) is 24.0. The van der Waals surface area contributed by atoms with Crippen molar-refractivity contribution in [3.63, 3.8) is 0 Å². The van der Waals surface area contributed by atoms with Gasteiger partial charge in [-0.25, -0.2) is 4.98 Å². The number of thiophene rings is 1. The quantitative estimate of drug-likeness (QED) is 0.201. The van der Waals surface area contributed by atoms with E-state index < -0.39 is 10.8 Å². The van der Waals surface area contributed by atoms with Gasteiger partial charge in [0.05, 0.1) is 9.95 Å². The molecule has 34 heavy (non-hydrogen) atoms. The molecule has 0 radical (unpaired) electrons. The molecule has 2 aromatic heterocycles. The number of rotatable bonds is 5. The Morgan fingerprint density at radius 1 is 1.15 bits per heavy atom. The first kappa shape index (κ1) is 22.1. The number of anilines is 1. The number of nitro benzene ring substituents is 1. The average molecular weight is 492 g/mol. The van der Waals surface area contributed by atoms with Crippen LogP contribution >= 0.6 is 22.9 Å². The molecule has 1 N–H and O–H groups in total. The fraction of sp³-hybridized carbons (Fsp3) is 0.120. The number of fused-ring (bicyclic) bond motifs is 2. The number of hydrogen-bond acceptors (Lipinski definition) is 6. The van der Waals surface area contributed by atoms with E-state index in [2.05, 4.69) is 36.3 Å². The van der Waals surface area contributed by atoms with E-state index in [0.29, 0.717) is 38.7 Å². The zero-order valence-electron chi connectivity index (χ0n) is 18.2. The number of halogens is 1. The molecule has 170 valence electrons. The van der Waals surface area contributed by atoms with E-state index >= 15 is 0 Å². The summed E-state index contributed by atoms with van der Waals surface area (Å²) >= 11 is 7.39. The van der Waals surface area contributed by atoms with Crippen LogP contribution in [0.3, 0.4) is 0 Å². The highest BCUT2D eigenvalue weighted by Gasteiger charge is 2.23. The highest BCUT2D eigenvalue weighted by atomic mass is 35.5. The summed E-state index contributed by atoms with van der Waals surface area (Å²) in [6.07, 6.45) is 0.